The van der Waals surface area contributed by atoms with E-state index in [0.717, 1.165) is 0 Å². The molecule has 8 nitrogen and oxygen atoms in total. The monoisotopic (exact) mass is 240 g/mol. The van der Waals surface area contributed by atoms with Crippen LogP contribution in [0.15, 0.2) is 14.9 Å². The Morgan fingerprint density at radius 3 is 3.00 bits per heavy atom. The van der Waals surface area contributed by atoms with Crippen LogP contribution in [0.25, 0.3) is 0 Å². The highest BCUT2D eigenvalue weighted by molar-refractivity contribution is 7.80. The van der Waals surface area contributed by atoms with Gasteiger partial charge in [0.1, 0.15) is 17.1 Å². The molecule has 0 spiro atoms. The zero-order valence-electron chi connectivity index (χ0n) is 8.04. The number of nitrogens with zero attached hydrogens (tertiary/aromatic N) is 4. The van der Waals surface area contributed by atoms with Gasteiger partial charge in [-0.25, -0.2) is 4.63 Å². The highest BCUT2D eigenvalue weighted by Crippen LogP contribution is 2.16. The first-order chi connectivity index (χ1) is 7.72. The third-order valence-corrected chi connectivity index (χ3v) is 2.14. The van der Waals surface area contributed by atoms with E-state index in [9.17, 15) is 0 Å². The molecule has 0 radical (unpaired) electrons. The average molecular weight is 240 g/mol. The lowest BCUT2D eigenvalue weighted by Crippen LogP contribution is -2.30. The summed E-state index contributed by atoms with van der Waals surface area (Å²) in [5.74, 6) is 0. The van der Waals surface area contributed by atoms with Gasteiger partial charge in [-0.15, -0.1) is 0 Å². The van der Waals surface area contributed by atoms with Crippen molar-refractivity contribution in [3.63, 3.8) is 0 Å². The summed E-state index contributed by atoms with van der Waals surface area (Å²) in [6.07, 6.45) is 1.08. The summed E-state index contributed by atoms with van der Waals surface area (Å²) >= 11 is 4.61. The Hall–Kier alpha value is -2.03. The van der Waals surface area contributed by atoms with Gasteiger partial charge in [0.25, 0.3) is 0 Å². The van der Waals surface area contributed by atoms with Crippen LogP contribution in [0.1, 0.15) is 17.8 Å². The predicted molar refractivity (Wildman–Crippen MR) is 58.3 cm³/mol. The van der Waals surface area contributed by atoms with Crippen LogP contribution < -0.4 is 11.2 Å². The number of aromatic nitrogens is 2. The van der Waals surface area contributed by atoms with E-state index in [1.54, 1.807) is 0 Å². The van der Waals surface area contributed by atoms with E-state index in [1.807, 2.05) is 0 Å². The van der Waals surface area contributed by atoms with E-state index in [0.29, 0.717) is 35.7 Å². The molecule has 0 aromatic carbocycles. The first-order valence-electron chi connectivity index (χ1n) is 4.38. The molecule has 0 saturated carbocycles. The summed E-state index contributed by atoms with van der Waals surface area (Å²) < 4.78 is 4.59. The first-order valence-corrected chi connectivity index (χ1v) is 4.79. The van der Waals surface area contributed by atoms with Crippen molar-refractivity contribution in [3.8, 4) is 0 Å². The van der Waals surface area contributed by atoms with Crippen molar-refractivity contribution in [1.82, 2.24) is 15.7 Å². The van der Waals surface area contributed by atoms with Gasteiger partial charge in [-0.2, -0.15) is 5.10 Å². The Bertz CT molecular complexity index is 479. The molecule has 0 unspecified atom stereocenters. The molecule has 0 aliphatic heterocycles. The lowest BCUT2D eigenvalue weighted by molar-refractivity contribution is 0.303. The van der Waals surface area contributed by atoms with E-state index < -0.39 is 0 Å². The molecule has 1 heterocycles. The summed E-state index contributed by atoms with van der Waals surface area (Å²) in [7, 11) is 0. The largest absolute Gasteiger partial charge is 0.411 e. The van der Waals surface area contributed by atoms with E-state index >= 15 is 0 Å². The molecule has 16 heavy (non-hydrogen) atoms. The second-order valence-electron chi connectivity index (χ2n) is 3.04. The molecule has 1 aliphatic rings. The molecule has 0 amide bonds. The standard InChI is InChI=1S/C7H8N6O2S/c8-7(16)10-9-5-3(11-14)1-2-4-6(5)13-15-12-4/h14H,1-2H2,(H3,8,10,16)/b9-5+,11-3+. The number of oxime groups is 1. The molecular weight excluding hydrogens is 232 g/mol. The van der Waals surface area contributed by atoms with Crippen LogP contribution in [0.5, 0.6) is 0 Å². The van der Waals surface area contributed by atoms with Gasteiger partial charge in [-0.05, 0) is 17.4 Å². The number of hydrogen-bond acceptors (Lipinski definition) is 7. The summed E-state index contributed by atoms with van der Waals surface area (Å²) in [4.78, 5) is 0. The zero-order chi connectivity index (χ0) is 11.5. The van der Waals surface area contributed by atoms with Crippen LogP contribution >= 0.6 is 12.2 Å². The van der Waals surface area contributed by atoms with Gasteiger partial charge in [-0.3, -0.25) is 5.43 Å². The Morgan fingerprint density at radius 1 is 1.50 bits per heavy atom. The summed E-state index contributed by atoms with van der Waals surface area (Å²) in [5, 5.41) is 23.3. The fraction of sp³-hybridized carbons (Fsp3) is 0.286. The Balaban J connectivity index is 2.40. The predicted octanol–water partition coefficient (Wildman–Crippen LogP) is -0.617. The number of nitrogens with one attached hydrogen (secondary N) is 1. The third-order valence-electron chi connectivity index (χ3n) is 2.05. The highest BCUT2D eigenvalue weighted by Gasteiger charge is 2.27. The average Bonchev–Trinajstić information content (AvgIpc) is 2.73. The van der Waals surface area contributed by atoms with Crippen molar-refractivity contribution >= 4 is 28.8 Å². The van der Waals surface area contributed by atoms with Gasteiger partial charge < -0.3 is 10.9 Å². The molecule has 1 aromatic heterocycles. The van der Waals surface area contributed by atoms with Crippen LogP contribution in [-0.4, -0.2) is 32.1 Å². The zero-order valence-corrected chi connectivity index (χ0v) is 8.86. The minimum absolute atomic E-state index is 0.00775. The molecule has 1 aromatic rings. The molecule has 4 N–H and O–H groups in total. The fourth-order valence-electron chi connectivity index (χ4n) is 1.37. The van der Waals surface area contributed by atoms with Crippen molar-refractivity contribution in [2.45, 2.75) is 12.8 Å². The molecule has 0 fully saturated rings. The SMILES string of the molecule is NC(=S)N/N=C1\C(=N\O)CCc2nonc21. The third kappa shape index (κ3) is 1.84. The topological polar surface area (TPSA) is 122 Å². The van der Waals surface area contributed by atoms with Crippen LogP contribution in [0.3, 0.4) is 0 Å². The van der Waals surface area contributed by atoms with E-state index in [4.69, 9.17) is 10.9 Å². The summed E-state index contributed by atoms with van der Waals surface area (Å²) in [6.45, 7) is 0. The van der Waals surface area contributed by atoms with Gasteiger partial charge in [-0.1, -0.05) is 10.3 Å². The first kappa shape index (κ1) is 10.5. The van der Waals surface area contributed by atoms with Gasteiger partial charge in [0.2, 0.25) is 0 Å². The number of thiocarbonyl (C=S) groups is 1. The fourth-order valence-corrected chi connectivity index (χ4v) is 1.41. The number of hydrazone groups is 1. The lowest BCUT2D eigenvalue weighted by atomic mass is 9.97. The van der Waals surface area contributed by atoms with E-state index in [-0.39, 0.29) is 5.11 Å². The Kier molecular flexibility index (Phi) is 2.77. The number of aryl methyl sites for hydroxylation is 1. The van der Waals surface area contributed by atoms with E-state index in [1.165, 1.54) is 0 Å². The van der Waals surface area contributed by atoms with Crippen molar-refractivity contribution in [3.05, 3.63) is 11.4 Å². The van der Waals surface area contributed by atoms with Crippen LogP contribution in [0, 0.1) is 0 Å². The molecule has 84 valence electrons. The van der Waals surface area contributed by atoms with Crippen molar-refractivity contribution < 1.29 is 9.84 Å². The molecule has 0 atom stereocenters. The van der Waals surface area contributed by atoms with Crippen LogP contribution in [0.4, 0.5) is 0 Å². The minimum Gasteiger partial charge on any atom is -0.411 e. The van der Waals surface area contributed by atoms with E-state index in [2.05, 4.69) is 42.8 Å². The van der Waals surface area contributed by atoms with Gasteiger partial charge in [0, 0.05) is 12.8 Å². The van der Waals surface area contributed by atoms with Crippen molar-refractivity contribution in [2.24, 2.45) is 16.0 Å². The molecule has 0 bridgehead atoms. The Morgan fingerprint density at radius 2 is 2.31 bits per heavy atom. The minimum atomic E-state index is 0.00775. The van der Waals surface area contributed by atoms with Crippen molar-refractivity contribution in [2.75, 3.05) is 0 Å². The highest BCUT2D eigenvalue weighted by atomic mass is 32.1. The number of rotatable bonds is 1. The van der Waals surface area contributed by atoms with Crippen molar-refractivity contribution in [1.29, 1.82) is 0 Å². The van der Waals surface area contributed by atoms with Gasteiger partial charge >= 0.3 is 0 Å². The number of nitrogens with two attached hydrogens (primary N) is 1. The second-order valence-corrected chi connectivity index (χ2v) is 3.48. The maximum absolute atomic E-state index is 8.83. The normalized spacial score (nSPS) is 19.8. The number of fused-ring (bicyclic) bond motifs is 1. The summed E-state index contributed by atoms with van der Waals surface area (Å²) in [5.41, 5.74) is 9.46. The molecule has 9 heteroatoms. The summed E-state index contributed by atoms with van der Waals surface area (Å²) in [6, 6.07) is 0. The lowest BCUT2D eigenvalue weighted by Gasteiger charge is -2.11. The Labute approximate surface area is 95.1 Å². The number of hydrogen-bond donors (Lipinski definition) is 3. The molecule has 0 saturated heterocycles. The molecule has 1 aliphatic carbocycles. The van der Waals surface area contributed by atoms with Gasteiger partial charge in [0.05, 0.1) is 0 Å². The maximum atomic E-state index is 8.83. The quantitative estimate of drug-likeness (QED) is 0.340. The second kappa shape index (κ2) is 4.23. The van der Waals surface area contributed by atoms with Crippen LogP contribution in [0.2, 0.25) is 0 Å². The molecular formula is C7H8N6O2S. The smallest absolute Gasteiger partial charge is 0.184 e. The van der Waals surface area contributed by atoms with Crippen LogP contribution in [-0.2, 0) is 6.42 Å². The van der Waals surface area contributed by atoms with Gasteiger partial charge in [0.15, 0.2) is 10.8 Å². The maximum Gasteiger partial charge on any atom is 0.184 e. The molecule has 2 rings (SSSR count).